The lowest BCUT2D eigenvalue weighted by Crippen LogP contribution is -2.48. The summed E-state index contributed by atoms with van der Waals surface area (Å²) in [5, 5.41) is 5.94. The Morgan fingerprint density at radius 2 is 1.63 bits per heavy atom. The first-order chi connectivity index (χ1) is 20.6. The Kier molecular flexibility index (Phi) is 10.8. The number of urea groups is 1. The molecule has 2 N–H and O–H groups in total. The number of hydrogen-bond donors (Lipinski definition) is 2. The van der Waals surface area contributed by atoms with Gasteiger partial charge >= 0.3 is 6.03 Å². The predicted molar refractivity (Wildman–Crippen MR) is 171 cm³/mol. The van der Waals surface area contributed by atoms with E-state index in [2.05, 4.69) is 58.5 Å². The number of amides is 3. The minimum atomic E-state index is -0.303. The number of rotatable bonds is 11. The van der Waals surface area contributed by atoms with Gasteiger partial charge in [0.1, 0.15) is 5.82 Å². The molecule has 3 aromatic carbocycles. The monoisotopic (exact) mass is 586 g/mol. The summed E-state index contributed by atoms with van der Waals surface area (Å²) in [6.07, 6.45) is 1.90. The zero-order valence-electron chi connectivity index (χ0n) is 25.8. The van der Waals surface area contributed by atoms with Crippen LogP contribution in [0.25, 0.3) is 0 Å². The van der Waals surface area contributed by atoms with Crippen molar-refractivity contribution in [2.45, 2.75) is 51.6 Å². The van der Waals surface area contributed by atoms with Crippen molar-refractivity contribution in [2.75, 3.05) is 39.1 Å². The molecule has 0 saturated carbocycles. The zero-order chi connectivity index (χ0) is 30.9. The number of benzene rings is 3. The molecular formula is C34H43FN6O2. The summed E-state index contributed by atoms with van der Waals surface area (Å²) in [5.74, 6) is 0.758. The zero-order valence-corrected chi connectivity index (χ0v) is 25.8. The number of halogens is 1. The van der Waals surface area contributed by atoms with E-state index in [1.165, 1.54) is 22.6 Å². The van der Waals surface area contributed by atoms with Gasteiger partial charge in [-0.15, -0.1) is 0 Å². The summed E-state index contributed by atoms with van der Waals surface area (Å²) in [7, 11) is 5.47. The van der Waals surface area contributed by atoms with Gasteiger partial charge in [0, 0.05) is 52.0 Å². The van der Waals surface area contributed by atoms with E-state index >= 15 is 0 Å². The molecule has 0 saturated heterocycles. The van der Waals surface area contributed by atoms with Crippen molar-refractivity contribution >= 4 is 29.3 Å². The fourth-order valence-electron chi connectivity index (χ4n) is 5.08. The number of para-hydroxylation sites is 1. The Balaban J connectivity index is 1.58. The van der Waals surface area contributed by atoms with Crippen molar-refractivity contribution in [2.24, 2.45) is 4.99 Å². The highest BCUT2D eigenvalue weighted by Crippen LogP contribution is 2.40. The first kappa shape index (κ1) is 31.5. The number of unbranched alkanes of at least 4 members (excludes halogenated alkanes) is 1. The first-order valence-corrected chi connectivity index (χ1v) is 14.9. The van der Waals surface area contributed by atoms with Crippen LogP contribution < -0.4 is 15.5 Å². The smallest absolute Gasteiger partial charge is 0.316 e. The van der Waals surface area contributed by atoms with Crippen LogP contribution in [0.4, 0.5) is 20.6 Å². The third-order valence-corrected chi connectivity index (χ3v) is 7.61. The molecule has 9 heteroatoms. The van der Waals surface area contributed by atoms with Gasteiger partial charge in [-0.05, 0) is 60.2 Å². The molecule has 0 aromatic heterocycles. The summed E-state index contributed by atoms with van der Waals surface area (Å²) in [6.45, 7) is 5.98. The summed E-state index contributed by atoms with van der Waals surface area (Å²) in [6, 6.07) is 22.2. The number of nitrogens with one attached hydrogen (secondary N) is 2. The van der Waals surface area contributed by atoms with Gasteiger partial charge in [-0.2, -0.15) is 0 Å². The number of hydrogen-bond acceptors (Lipinski definition) is 5. The quantitative estimate of drug-likeness (QED) is 0.263. The van der Waals surface area contributed by atoms with Gasteiger partial charge in [0.05, 0.1) is 18.2 Å². The van der Waals surface area contributed by atoms with E-state index < -0.39 is 0 Å². The fraction of sp³-hybridized carbons (Fsp3) is 0.382. The molecule has 3 aromatic rings. The van der Waals surface area contributed by atoms with Crippen molar-refractivity contribution < 1.29 is 14.0 Å². The van der Waals surface area contributed by atoms with Gasteiger partial charge in [-0.1, -0.05) is 56.3 Å². The van der Waals surface area contributed by atoms with Crippen molar-refractivity contribution in [3.8, 4) is 0 Å². The Labute approximate surface area is 254 Å². The second-order valence-electron chi connectivity index (χ2n) is 11.5. The van der Waals surface area contributed by atoms with Gasteiger partial charge in [-0.25, -0.2) is 14.2 Å². The maximum atomic E-state index is 13.4. The van der Waals surface area contributed by atoms with Crippen LogP contribution in [0.2, 0.25) is 0 Å². The Morgan fingerprint density at radius 1 is 0.930 bits per heavy atom. The fourth-order valence-corrected chi connectivity index (χ4v) is 5.08. The topological polar surface area (TPSA) is 80.3 Å². The maximum Gasteiger partial charge on any atom is 0.316 e. The van der Waals surface area contributed by atoms with Crippen LogP contribution in [0.1, 0.15) is 61.8 Å². The minimum absolute atomic E-state index is 0.0989. The van der Waals surface area contributed by atoms with E-state index in [0.717, 1.165) is 47.8 Å². The third kappa shape index (κ3) is 8.34. The minimum Gasteiger partial charge on any atom is -0.352 e. The highest BCUT2D eigenvalue weighted by atomic mass is 19.1. The Morgan fingerprint density at radius 3 is 2.30 bits per heavy atom. The Hall–Kier alpha value is -4.40. The van der Waals surface area contributed by atoms with E-state index in [-0.39, 0.29) is 30.2 Å². The number of carbonyl (C=O) groups excluding carboxylic acids is 2. The molecular weight excluding hydrogens is 543 g/mol. The van der Waals surface area contributed by atoms with Crippen LogP contribution in [0.5, 0.6) is 0 Å². The van der Waals surface area contributed by atoms with Gasteiger partial charge in [-0.3, -0.25) is 4.79 Å². The second-order valence-corrected chi connectivity index (χ2v) is 11.5. The molecule has 1 unspecified atom stereocenters. The summed E-state index contributed by atoms with van der Waals surface area (Å²) in [5.41, 5.74) is 4.86. The summed E-state index contributed by atoms with van der Waals surface area (Å²) >= 11 is 0. The maximum absolute atomic E-state index is 13.4. The molecule has 228 valence electrons. The summed E-state index contributed by atoms with van der Waals surface area (Å²) in [4.78, 5) is 36.2. The van der Waals surface area contributed by atoms with E-state index in [1.807, 2.05) is 31.3 Å². The number of carbonyl (C=O) groups is 2. The van der Waals surface area contributed by atoms with Gasteiger partial charge in [0.2, 0.25) is 11.9 Å². The molecule has 0 aliphatic carbocycles. The highest BCUT2D eigenvalue weighted by molar-refractivity contribution is 6.01. The predicted octanol–water partition coefficient (Wildman–Crippen LogP) is 6.19. The lowest BCUT2D eigenvalue weighted by Gasteiger charge is -2.41. The lowest BCUT2D eigenvalue weighted by molar-refractivity contribution is -0.121. The standard InChI is InChI=1S/C34H43FN6O2/c1-24(2)26-14-18-28(19-15-26)41-31(22-32(42)37-23-25-12-16-27(35)17-13-25)29-10-6-7-11-30(29)38-33(41)40(5)21-9-8-20-36-34(43)39(3)4/h6-7,10-19,24,31H,8-9,20-23H2,1-5H3,(H,36,43)(H,37,42). The Bertz CT molecular complexity index is 1410. The molecule has 1 aliphatic rings. The van der Waals surface area contributed by atoms with Crippen LogP contribution in [0, 0.1) is 5.82 Å². The molecule has 0 spiro atoms. The molecule has 1 aliphatic heterocycles. The van der Waals surface area contributed by atoms with Crippen LogP contribution in [-0.2, 0) is 11.3 Å². The first-order valence-electron chi connectivity index (χ1n) is 14.9. The number of anilines is 1. The van der Waals surface area contributed by atoms with Crippen LogP contribution in [-0.4, -0.2) is 61.9 Å². The third-order valence-electron chi connectivity index (χ3n) is 7.61. The average molecular weight is 587 g/mol. The van der Waals surface area contributed by atoms with Crippen molar-refractivity contribution in [3.63, 3.8) is 0 Å². The van der Waals surface area contributed by atoms with Crippen molar-refractivity contribution in [1.29, 1.82) is 0 Å². The number of fused-ring (bicyclic) bond motifs is 1. The number of aliphatic imine (C=N–C) groups is 1. The van der Waals surface area contributed by atoms with Crippen LogP contribution >= 0.6 is 0 Å². The molecule has 43 heavy (non-hydrogen) atoms. The molecule has 1 atom stereocenters. The SMILES string of the molecule is CC(C)c1ccc(N2C(N(C)CCCCNC(=O)N(C)C)=Nc3ccccc3C2CC(=O)NCc2ccc(F)cc2)cc1. The highest BCUT2D eigenvalue weighted by Gasteiger charge is 2.34. The molecule has 0 radical (unpaired) electrons. The molecule has 1 heterocycles. The van der Waals surface area contributed by atoms with Gasteiger partial charge in [0.15, 0.2) is 0 Å². The molecule has 0 fully saturated rings. The van der Waals surface area contributed by atoms with Crippen molar-refractivity contribution in [3.05, 3.63) is 95.3 Å². The second kappa shape index (κ2) is 14.7. The lowest BCUT2D eigenvalue weighted by atomic mass is 9.96. The van der Waals surface area contributed by atoms with Crippen LogP contribution in [0.15, 0.2) is 77.8 Å². The average Bonchev–Trinajstić information content (AvgIpc) is 3.00. The molecule has 8 nitrogen and oxygen atoms in total. The van der Waals surface area contributed by atoms with Gasteiger partial charge < -0.3 is 25.3 Å². The van der Waals surface area contributed by atoms with E-state index in [0.29, 0.717) is 19.0 Å². The summed E-state index contributed by atoms with van der Waals surface area (Å²) < 4.78 is 13.4. The van der Waals surface area contributed by atoms with E-state index in [9.17, 15) is 14.0 Å². The normalized spacial score (nSPS) is 14.2. The van der Waals surface area contributed by atoms with Gasteiger partial charge in [0.25, 0.3) is 0 Å². The molecule has 4 rings (SSSR count). The molecule has 3 amide bonds. The van der Waals surface area contributed by atoms with E-state index in [4.69, 9.17) is 4.99 Å². The van der Waals surface area contributed by atoms with Crippen molar-refractivity contribution in [1.82, 2.24) is 20.4 Å². The number of guanidine groups is 1. The largest absolute Gasteiger partial charge is 0.352 e. The molecule has 0 bridgehead atoms. The number of nitrogens with zero attached hydrogens (tertiary/aromatic N) is 4. The van der Waals surface area contributed by atoms with E-state index in [1.54, 1.807) is 26.2 Å². The van der Waals surface area contributed by atoms with Crippen LogP contribution in [0.3, 0.4) is 0 Å².